The number of hydrogen-bond acceptors (Lipinski definition) is 3. The first-order chi connectivity index (χ1) is 10.8. The van der Waals surface area contributed by atoms with E-state index in [9.17, 15) is 4.39 Å². The molecular formula is C18H21FO3. The molecule has 0 saturated carbocycles. The summed E-state index contributed by atoms with van der Waals surface area (Å²) >= 11 is 0. The molecule has 0 bridgehead atoms. The predicted molar refractivity (Wildman–Crippen MR) is 84.4 cm³/mol. The van der Waals surface area contributed by atoms with Gasteiger partial charge in [-0.25, -0.2) is 4.39 Å². The summed E-state index contributed by atoms with van der Waals surface area (Å²) < 4.78 is 30.0. The lowest BCUT2D eigenvalue weighted by Crippen LogP contribution is -2.14. The predicted octanol–water partition coefficient (Wildman–Crippen LogP) is 4.27. The van der Waals surface area contributed by atoms with Crippen LogP contribution in [0.15, 0.2) is 48.5 Å². The summed E-state index contributed by atoms with van der Waals surface area (Å²) in [5.41, 5.74) is 1.69. The minimum atomic E-state index is -0.351. The number of ether oxygens (including phenoxy) is 3. The summed E-state index contributed by atoms with van der Waals surface area (Å²) in [7, 11) is 3.19. The van der Waals surface area contributed by atoms with Crippen LogP contribution in [0.5, 0.6) is 5.75 Å². The van der Waals surface area contributed by atoms with Crippen molar-refractivity contribution in [2.24, 2.45) is 0 Å². The Labute approximate surface area is 130 Å². The smallest absolute Gasteiger partial charge is 0.165 e. The number of para-hydroxylation sites is 1. The highest BCUT2D eigenvalue weighted by atomic mass is 19.1. The van der Waals surface area contributed by atoms with E-state index in [-0.39, 0.29) is 12.1 Å². The fraction of sp³-hybridized carbons (Fsp3) is 0.333. The van der Waals surface area contributed by atoms with Crippen molar-refractivity contribution in [2.45, 2.75) is 19.1 Å². The fourth-order valence-corrected chi connectivity index (χ4v) is 2.26. The highest BCUT2D eigenvalue weighted by molar-refractivity contribution is 5.70. The number of methoxy groups -OCH3 is 2. The van der Waals surface area contributed by atoms with E-state index in [1.165, 1.54) is 6.07 Å². The maximum absolute atomic E-state index is 14.1. The van der Waals surface area contributed by atoms with Gasteiger partial charge in [-0.15, -0.1) is 0 Å². The van der Waals surface area contributed by atoms with Gasteiger partial charge in [0.2, 0.25) is 0 Å². The van der Waals surface area contributed by atoms with Gasteiger partial charge in [0.05, 0.1) is 6.61 Å². The Hall–Kier alpha value is -1.91. The first kappa shape index (κ1) is 16.5. The third kappa shape index (κ3) is 4.29. The number of benzene rings is 2. The lowest BCUT2D eigenvalue weighted by atomic mass is 10.0. The highest BCUT2D eigenvalue weighted by Crippen LogP contribution is 2.32. The molecule has 0 saturated heterocycles. The number of halogens is 1. The van der Waals surface area contributed by atoms with Crippen LogP contribution >= 0.6 is 0 Å². The molecule has 0 aromatic heterocycles. The third-order valence-electron chi connectivity index (χ3n) is 3.41. The van der Waals surface area contributed by atoms with Crippen molar-refractivity contribution in [3.8, 4) is 16.9 Å². The Morgan fingerprint density at radius 2 is 1.68 bits per heavy atom. The Bertz CT molecular complexity index is 568. The Balaban J connectivity index is 2.04. The second-order valence-electron chi connectivity index (χ2n) is 4.87. The summed E-state index contributed by atoms with van der Waals surface area (Å²) in [6.07, 6.45) is 1.16. The van der Waals surface area contributed by atoms with Gasteiger partial charge in [-0.2, -0.15) is 0 Å². The van der Waals surface area contributed by atoms with Gasteiger partial charge in [0, 0.05) is 26.2 Å². The van der Waals surface area contributed by atoms with Crippen molar-refractivity contribution in [1.29, 1.82) is 0 Å². The lowest BCUT2D eigenvalue weighted by molar-refractivity contribution is -0.107. The molecular weight excluding hydrogens is 283 g/mol. The van der Waals surface area contributed by atoms with Crippen LogP contribution in [0.3, 0.4) is 0 Å². The van der Waals surface area contributed by atoms with Gasteiger partial charge in [-0.3, -0.25) is 0 Å². The zero-order valence-corrected chi connectivity index (χ0v) is 12.9. The van der Waals surface area contributed by atoms with Gasteiger partial charge in [0.25, 0.3) is 0 Å². The van der Waals surface area contributed by atoms with Crippen molar-refractivity contribution >= 4 is 0 Å². The van der Waals surface area contributed by atoms with E-state index in [2.05, 4.69) is 0 Å². The molecule has 0 amide bonds. The van der Waals surface area contributed by atoms with Crippen LogP contribution in [0.1, 0.15) is 12.8 Å². The van der Waals surface area contributed by atoms with Gasteiger partial charge >= 0.3 is 0 Å². The van der Waals surface area contributed by atoms with Crippen molar-refractivity contribution in [3.05, 3.63) is 54.3 Å². The first-order valence-corrected chi connectivity index (χ1v) is 7.28. The molecule has 2 aromatic rings. The molecule has 3 nitrogen and oxygen atoms in total. The third-order valence-corrected chi connectivity index (χ3v) is 3.41. The van der Waals surface area contributed by atoms with Crippen LogP contribution in [0.4, 0.5) is 4.39 Å². The molecule has 0 aliphatic carbocycles. The van der Waals surface area contributed by atoms with E-state index in [1.54, 1.807) is 20.3 Å². The minimum Gasteiger partial charge on any atom is -0.490 e. The molecule has 0 radical (unpaired) electrons. The van der Waals surface area contributed by atoms with E-state index < -0.39 is 0 Å². The minimum absolute atomic E-state index is 0.252. The molecule has 0 atom stereocenters. The number of rotatable bonds is 8. The SMILES string of the molecule is COC(CCCOc1c(F)cccc1-c1ccccc1)OC. The quantitative estimate of drug-likeness (QED) is 0.538. The standard InChI is InChI=1S/C18H21FO3/c1-20-17(21-2)12-7-13-22-18-15(10-6-11-16(18)19)14-8-4-3-5-9-14/h3-6,8-11,17H,7,12-13H2,1-2H3. The van der Waals surface area contributed by atoms with Gasteiger partial charge in [-0.05, 0) is 18.1 Å². The topological polar surface area (TPSA) is 27.7 Å². The normalized spacial score (nSPS) is 10.9. The van der Waals surface area contributed by atoms with Gasteiger partial charge in [-0.1, -0.05) is 42.5 Å². The molecule has 118 valence electrons. The van der Waals surface area contributed by atoms with Crippen LogP contribution < -0.4 is 4.74 Å². The van der Waals surface area contributed by atoms with Crippen LogP contribution in [0.25, 0.3) is 11.1 Å². The largest absolute Gasteiger partial charge is 0.490 e. The van der Waals surface area contributed by atoms with E-state index in [0.29, 0.717) is 18.8 Å². The highest BCUT2D eigenvalue weighted by Gasteiger charge is 2.12. The molecule has 0 aliphatic rings. The van der Waals surface area contributed by atoms with E-state index in [4.69, 9.17) is 14.2 Å². The van der Waals surface area contributed by atoms with Crippen molar-refractivity contribution in [2.75, 3.05) is 20.8 Å². The van der Waals surface area contributed by atoms with Crippen molar-refractivity contribution < 1.29 is 18.6 Å². The first-order valence-electron chi connectivity index (χ1n) is 7.28. The van der Waals surface area contributed by atoms with E-state index in [0.717, 1.165) is 17.5 Å². The average Bonchev–Trinajstić information content (AvgIpc) is 2.57. The Morgan fingerprint density at radius 3 is 2.36 bits per heavy atom. The van der Waals surface area contributed by atoms with Crippen molar-refractivity contribution in [1.82, 2.24) is 0 Å². The van der Waals surface area contributed by atoms with Crippen LogP contribution in [-0.4, -0.2) is 27.1 Å². The molecule has 0 fully saturated rings. The maximum Gasteiger partial charge on any atom is 0.165 e. The zero-order valence-electron chi connectivity index (χ0n) is 12.9. The number of hydrogen-bond donors (Lipinski definition) is 0. The summed E-state index contributed by atoms with van der Waals surface area (Å²) in [4.78, 5) is 0. The summed E-state index contributed by atoms with van der Waals surface area (Å²) in [6, 6.07) is 14.6. The van der Waals surface area contributed by atoms with Crippen LogP contribution in [0, 0.1) is 5.82 Å². The summed E-state index contributed by atoms with van der Waals surface area (Å²) in [5, 5.41) is 0. The molecule has 4 heteroatoms. The Morgan fingerprint density at radius 1 is 0.955 bits per heavy atom. The average molecular weight is 304 g/mol. The monoisotopic (exact) mass is 304 g/mol. The molecule has 0 unspecified atom stereocenters. The zero-order chi connectivity index (χ0) is 15.8. The Kier molecular flexibility index (Phi) is 6.37. The summed E-state index contributed by atoms with van der Waals surface area (Å²) in [6.45, 7) is 0.407. The van der Waals surface area contributed by atoms with Gasteiger partial charge < -0.3 is 14.2 Å². The van der Waals surface area contributed by atoms with E-state index in [1.807, 2.05) is 36.4 Å². The molecule has 0 heterocycles. The molecule has 0 aliphatic heterocycles. The second-order valence-corrected chi connectivity index (χ2v) is 4.87. The van der Waals surface area contributed by atoms with Crippen LogP contribution in [-0.2, 0) is 9.47 Å². The van der Waals surface area contributed by atoms with Gasteiger partial charge in [0.15, 0.2) is 17.9 Å². The van der Waals surface area contributed by atoms with E-state index >= 15 is 0 Å². The fourth-order valence-electron chi connectivity index (χ4n) is 2.26. The van der Waals surface area contributed by atoms with Crippen LogP contribution in [0.2, 0.25) is 0 Å². The molecule has 22 heavy (non-hydrogen) atoms. The molecule has 2 rings (SSSR count). The molecule has 0 N–H and O–H groups in total. The maximum atomic E-state index is 14.1. The van der Waals surface area contributed by atoms with Crippen molar-refractivity contribution in [3.63, 3.8) is 0 Å². The lowest BCUT2D eigenvalue weighted by Gasteiger charge is -2.15. The van der Waals surface area contributed by atoms with Gasteiger partial charge in [0.1, 0.15) is 0 Å². The molecule has 0 spiro atoms. The molecule has 2 aromatic carbocycles. The summed E-state index contributed by atoms with van der Waals surface area (Å²) in [5.74, 6) is -0.0588. The second kappa shape index (κ2) is 8.51.